The van der Waals surface area contributed by atoms with E-state index in [1.807, 2.05) is 13.1 Å². The molecule has 5 heteroatoms. The van der Waals surface area contributed by atoms with Gasteiger partial charge in [-0.25, -0.2) is 9.97 Å². The molecule has 0 aliphatic heterocycles. The lowest BCUT2D eigenvalue weighted by Gasteiger charge is -2.25. The molecule has 0 bridgehead atoms. The average Bonchev–Trinajstić information content (AvgIpc) is 2.48. The van der Waals surface area contributed by atoms with Gasteiger partial charge in [-0.2, -0.15) is 0 Å². The minimum Gasteiger partial charge on any atom is -0.345 e. The maximum absolute atomic E-state index is 12.2. The Morgan fingerprint density at radius 2 is 2.15 bits per heavy atom. The lowest BCUT2D eigenvalue weighted by Crippen LogP contribution is -2.31. The molecule has 3 rings (SSSR count). The van der Waals surface area contributed by atoms with Gasteiger partial charge in [-0.3, -0.25) is 9.78 Å². The SMILES string of the molecule is Cc1ncc2c(n1)CCC[C@H]2NC(=O)c1ccncc1. The molecule has 1 N–H and O–H groups in total. The van der Waals surface area contributed by atoms with Crippen molar-refractivity contribution in [2.45, 2.75) is 32.2 Å². The molecule has 0 unspecified atom stereocenters. The summed E-state index contributed by atoms with van der Waals surface area (Å²) in [6, 6.07) is 3.43. The number of nitrogens with zero attached hydrogens (tertiary/aromatic N) is 3. The van der Waals surface area contributed by atoms with Crippen LogP contribution in [0.4, 0.5) is 0 Å². The summed E-state index contributed by atoms with van der Waals surface area (Å²) in [5.41, 5.74) is 2.73. The van der Waals surface area contributed by atoms with Gasteiger partial charge in [-0.1, -0.05) is 0 Å². The third-order valence-corrected chi connectivity index (χ3v) is 3.55. The first-order valence-corrected chi connectivity index (χ1v) is 6.77. The quantitative estimate of drug-likeness (QED) is 0.904. The van der Waals surface area contributed by atoms with Gasteiger partial charge in [0.15, 0.2) is 0 Å². The Balaban J connectivity index is 1.81. The molecule has 1 aliphatic rings. The molecule has 0 fully saturated rings. The van der Waals surface area contributed by atoms with E-state index < -0.39 is 0 Å². The molecular formula is C15H16N4O. The highest BCUT2D eigenvalue weighted by Gasteiger charge is 2.23. The van der Waals surface area contributed by atoms with E-state index in [9.17, 15) is 4.79 Å². The van der Waals surface area contributed by atoms with Gasteiger partial charge < -0.3 is 5.32 Å². The predicted molar refractivity (Wildman–Crippen MR) is 74.2 cm³/mol. The molecule has 2 aromatic rings. The number of carbonyl (C=O) groups is 1. The third-order valence-electron chi connectivity index (χ3n) is 3.55. The average molecular weight is 268 g/mol. The second-order valence-corrected chi connectivity index (χ2v) is 4.97. The Labute approximate surface area is 117 Å². The lowest BCUT2D eigenvalue weighted by atomic mass is 9.92. The molecule has 1 atom stereocenters. The number of pyridine rings is 1. The van der Waals surface area contributed by atoms with Crippen LogP contribution in [0.5, 0.6) is 0 Å². The number of aryl methyl sites for hydroxylation is 2. The van der Waals surface area contributed by atoms with Crippen molar-refractivity contribution in [3.05, 3.63) is 53.4 Å². The maximum atomic E-state index is 12.2. The molecule has 1 aliphatic carbocycles. The summed E-state index contributed by atoms with van der Waals surface area (Å²) in [6.07, 6.45) is 8.00. The summed E-state index contributed by atoms with van der Waals surface area (Å²) in [7, 11) is 0. The van der Waals surface area contributed by atoms with Crippen LogP contribution in [0.3, 0.4) is 0 Å². The van der Waals surface area contributed by atoms with E-state index in [-0.39, 0.29) is 11.9 Å². The molecule has 0 radical (unpaired) electrons. The van der Waals surface area contributed by atoms with Crippen LogP contribution in [0.25, 0.3) is 0 Å². The third kappa shape index (κ3) is 2.52. The zero-order valence-corrected chi connectivity index (χ0v) is 11.3. The van der Waals surface area contributed by atoms with Crippen LogP contribution in [-0.2, 0) is 6.42 Å². The maximum Gasteiger partial charge on any atom is 0.251 e. The summed E-state index contributed by atoms with van der Waals surface area (Å²) in [4.78, 5) is 24.9. The molecule has 0 aromatic carbocycles. The fourth-order valence-electron chi connectivity index (χ4n) is 2.54. The molecule has 0 spiro atoms. The second-order valence-electron chi connectivity index (χ2n) is 4.97. The summed E-state index contributed by atoms with van der Waals surface area (Å²) >= 11 is 0. The van der Waals surface area contributed by atoms with Crippen molar-refractivity contribution < 1.29 is 4.79 Å². The van der Waals surface area contributed by atoms with Crippen molar-refractivity contribution in [1.29, 1.82) is 0 Å². The monoisotopic (exact) mass is 268 g/mol. The van der Waals surface area contributed by atoms with E-state index in [2.05, 4.69) is 20.3 Å². The van der Waals surface area contributed by atoms with Gasteiger partial charge in [0.2, 0.25) is 0 Å². The first-order chi connectivity index (χ1) is 9.74. The molecular weight excluding hydrogens is 252 g/mol. The van der Waals surface area contributed by atoms with Crippen LogP contribution in [0.2, 0.25) is 0 Å². The van der Waals surface area contributed by atoms with Crippen LogP contribution in [0.1, 0.15) is 46.3 Å². The van der Waals surface area contributed by atoms with Gasteiger partial charge in [-0.05, 0) is 38.3 Å². The number of amides is 1. The topological polar surface area (TPSA) is 67.8 Å². The van der Waals surface area contributed by atoms with Crippen LogP contribution in [0.15, 0.2) is 30.7 Å². The van der Waals surface area contributed by atoms with E-state index in [0.717, 1.165) is 36.3 Å². The van der Waals surface area contributed by atoms with Crippen LogP contribution >= 0.6 is 0 Å². The number of aromatic nitrogens is 3. The summed E-state index contributed by atoms with van der Waals surface area (Å²) < 4.78 is 0. The molecule has 102 valence electrons. The first kappa shape index (κ1) is 12.7. The number of rotatable bonds is 2. The summed E-state index contributed by atoms with van der Waals surface area (Å²) in [5, 5.41) is 3.06. The molecule has 0 saturated heterocycles. The van der Waals surface area contributed by atoms with Gasteiger partial charge in [0.25, 0.3) is 5.91 Å². The molecule has 20 heavy (non-hydrogen) atoms. The highest BCUT2D eigenvalue weighted by Crippen LogP contribution is 2.28. The van der Waals surface area contributed by atoms with Crippen molar-refractivity contribution in [3.8, 4) is 0 Å². The molecule has 0 saturated carbocycles. The van der Waals surface area contributed by atoms with Crippen LogP contribution in [0, 0.1) is 6.92 Å². The Kier molecular flexibility index (Phi) is 3.41. The first-order valence-electron chi connectivity index (χ1n) is 6.77. The fourth-order valence-corrected chi connectivity index (χ4v) is 2.54. The predicted octanol–water partition coefficient (Wildman–Crippen LogP) is 1.99. The van der Waals surface area contributed by atoms with Gasteiger partial charge in [0, 0.05) is 35.4 Å². The Morgan fingerprint density at radius 3 is 2.95 bits per heavy atom. The van der Waals surface area contributed by atoms with Gasteiger partial charge in [0.05, 0.1) is 6.04 Å². The number of hydrogen-bond acceptors (Lipinski definition) is 4. The van der Waals surface area contributed by atoms with Crippen LogP contribution < -0.4 is 5.32 Å². The zero-order chi connectivity index (χ0) is 13.9. The zero-order valence-electron chi connectivity index (χ0n) is 11.3. The number of carbonyl (C=O) groups excluding carboxylic acids is 1. The lowest BCUT2D eigenvalue weighted by molar-refractivity contribution is 0.0932. The number of fused-ring (bicyclic) bond motifs is 1. The minimum absolute atomic E-state index is 0.0000142. The Bertz CT molecular complexity index is 627. The van der Waals surface area contributed by atoms with Crippen molar-refractivity contribution in [2.24, 2.45) is 0 Å². The Morgan fingerprint density at radius 1 is 1.35 bits per heavy atom. The highest BCUT2D eigenvalue weighted by molar-refractivity contribution is 5.94. The molecule has 5 nitrogen and oxygen atoms in total. The van der Waals surface area contributed by atoms with Gasteiger partial charge in [-0.15, -0.1) is 0 Å². The van der Waals surface area contributed by atoms with Crippen LogP contribution in [-0.4, -0.2) is 20.9 Å². The molecule has 1 amide bonds. The van der Waals surface area contributed by atoms with Crippen molar-refractivity contribution in [2.75, 3.05) is 0 Å². The van der Waals surface area contributed by atoms with Crippen molar-refractivity contribution in [1.82, 2.24) is 20.3 Å². The van der Waals surface area contributed by atoms with E-state index in [4.69, 9.17) is 0 Å². The van der Waals surface area contributed by atoms with Gasteiger partial charge in [0.1, 0.15) is 5.82 Å². The van der Waals surface area contributed by atoms with E-state index in [1.165, 1.54) is 0 Å². The normalized spacial score (nSPS) is 17.4. The minimum atomic E-state index is -0.0779. The van der Waals surface area contributed by atoms with E-state index >= 15 is 0 Å². The highest BCUT2D eigenvalue weighted by atomic mass is 16.1. The van der Waals surface area contributed by atoms with Crippen molar-refractivity contribution >= 4 is 5.91 Å². The van der Waals surface area contributed by atoms with E-state index in [0.29, 0.717) is 5.56 Å². The van der Waals surface area contributed by atoms with E-state index in [1.54, 1.807) is 24.5 Å². The standard InChI is InChI=1S/C15H16N4O/c1-10-17-9-12-13(18-10)3-2-4-14(12)19-15(20)11-5-7-16-8-6-11/h5-9,14H,2-4H2,1H3,(H,19,20)/t14-/m1/s1. The second kappa shape index (κ2) is 5.36. The molecule has 2 heterocycles. The van der Waals surface area contributed by atoms with Crippen molar-refractivity contribution in [3.63, 3.8) is 0 Å². The molecule has 2 aromatic heterocycles. The number of nitrogens with one attached hydrogen (secondary N) is 1. The number of hydrogen-bond donors (Lipinski definition) is 1. The summed E-state index contributed by atoms with van der Waals surface area (Å²) in [5.74, 6) is 0.704. The van der Waals surface area contributed by atoms with Gasteiger partial charge >= 0.3 is 0 Å². The smallest absolute Gasteiger partial charge is 0.251 e. The Hall–Kier alpha value is -2.30. The summed E-state index contributed by atoms with van der Waals surface area (Å²) in [6.45, 7) is 1.89. The fraction of sp³-hybridized carbons (Fsp3) is 0.333. The largest absolute Gasteiger partial charge is 0.345 e.